The number of carbonyl (C=O) groups excluding carboxylic acids is 1. The molecule has 0 saturated heterocycles. The van der Waals surface area contributed by atoms with Crippen molar-refractivity contribution in [3.8, 4) is 0 Å². The van der Waals surface area contributed by atoms with Gasteiger partial charge in [-0.25, -0.2) is 0 Å². The van der Waals surface area contributed by atoms with Crippen LogP contribution in [0.3, 0.4) is 0 Å². The molecule has 0 amide bonds. The highest BCUT2D eigenvalue weighted by Crippen LogP contribution is 2.67. The Bertz CT molecular complexity index is 585. The minimum atomic E-state index is -0.367. The lowest BCUT2D eigenvalue weighted by atomic mass is 9.45. The maximum Gasteiger partial charge on any atom is 0.302 e. The fourth-order valence-electron chi connectivity index (χ4n) is 8.00. The first-order valence-corrected chi connectivity index (χ1v) is 11.1. The molecule has 0 heterocycles. The molecule has 27 heavy (non-hydrogen) atoms. The molecule has 0 radical (unpaired) electrons. The summed E-state index contributed by atoms with van der Waals surface area (Å²) in [6.45, 7) is 6.53. The Morgan fingerprint density at radius 3 is 2.22 bits per heavy atom. The summed E-state index contributed by atoms with van der Waals surface area (Å²) in [4.78, 5) is 11.6. The van der Waals surface area contributed by atoms with Crippen LogP contribution in [0.1, 0.15) is 78.6 Å². The van der Waals surface area contributed by atoms with Crippen molar-refractivity contribution in [2.45, 2.75) is 90.4 Å². The van der Waals surface area contributed by atoms with Crippen LogP contribution < -0.4 is 0 Å². The zero-order chi connectivity index (χ0) is 19.4. The predicted molar refractivity (Wildman–Crippen MR) is 104 cm³/mol. The van der Waals surface area contributed by atoms with Crippen LogP contribution in [-0.4, -0.2) is 32.1 Å². The van der Waals surface area contributed by atoms with Gasteiger partial charge in [0.05, 0.1) is 0 Å². The number of ether oxygens (including phenoxy) is 3. The van der Waals surface area contributed by atoms with Crippen LogP contribution in [-0.2, 0) is 19.0 Å². The van der Waals surface area contributed by atoms with Gasteiger partial charge >= 0.3 is 5.97 Å². The molecule has 0 aliphatic heterocycles. The molecular formula is C23H38O4. The summed E-state index contributed by atoms with van der Waals surface area (Å²) >= 11 is 0. The molecule has 4 fully saturated rings. The van der Waals surface area contributed by atoms with Gasteiger partial charge in [-0.1, -0.05) is 13.8 Å². The average molecular weight is 379 g/mol. The summed E-state index contributed by atoms with van der Waals surface area (Å²) in [5.41, 5.74) is 0.595. The Balaban J connectivity index is 1.55. The van der Waals surface area contributed by atoms with Crippen molar-refractivity contribution in [1.29, 1.82) is 0 Å². The van der Waals surface area contributed by atoms with Gasteiger partial charge in [-0.3, -0.25) is 4.79 Å². The van der Waals surface area contributed by atoms with Crippen molar-refractivity contribution in [2.75, 3.05) is 14.2 Å². The second-order valence-corrected chi connectivity index (χ2v) is 10.4. The first-order valence-electron chi connectivity index (χ1n) is 11.1. The van der Waals surface area contributed by atoms with E-state index in [1.165, 1.54) is 38.5 Å². The van der Waals surface area contributed by atoms with E-state index in [4.69, 9.17) is 14.2 Å². The normalized spacial score (nSPS) is 48.3. The SMILES string of the molecule is COC1(OC)CC[C@@]2(C)[C@@H](CC[C@@H]3[C@@H]2CC[C@]2(C)[C@@H](OC(C)=O)CC[C@@H]32)C1. The third-order valence-corrected chi connectivity index (χ3v) is 9.63. The Kier molecular flexibility index (Phi) is 4.91. The van der Waals surface area contributed by atoms with Gasteiger partial charge < -0.3 is 14.2 Å². The molecule has 4 aliphatic rings. The monoisotopic (exact) mass is 378 g/mol. The molecule has 4 rings (SSSR count). The third kappa shape index (κ3) is 2.88. The van der Waals surface area contributed by atoms with Crippen LogP contribution in [0.25, 0.3) is 0 Å². The maximum atomic E-state index is 11.6. The van der Waals surface area contributed by atoms with Crippen molar-refractivity contribution < 1.29 is 19.0 Å². The first kappa shape index (κ1) is 19.7. The van der Waals surface area contributed by atoms with E-state index < -0.39 is 0 Å². The molecule has 0 unspecified atom stereocenters. The average Bonchev–Trinajstić information content (AvgIpc) is 2.97. The molecular weight excluding hydrogens is 340 g/mol. The van der Waals surface area contributed by atoms with Gasteiger partial charge in [-0.2, -0.15) is 0 Å². The minimum absolute atomic E-state index is 0.109. The molecule has 4 aliphatic carbocycles. The lowest BCUT2D eigenvalue weighted by molar-refractivity contribution is -0.261. The van der Waals surface area contributed by atoms with Crippen LogP contribution >= 0.6 is 0 Å². The quantitative estimate of drug-likeness (QED) is 0.515. The van der Waals surface area contributed by atoms with E-state index in [9.17, 15) is 4.79 Å². The third-order valence-electron chi connectivity index (χ3n) is 9.63. The highest BCUT2D eigenvalue weighted by molar-refractivity contribution is 5.66. The number of methoxy groups -OCH3 is 2. The van der Waals surface area contributed by atoms with Gasteiger partial charge in [0, 0.05) is 39.4 Å². The maximum absolute atomic E-state index is 11.6. The zero-order valence-corrected chi connectivity index (χ0v) is 17.9. The van der Waals surface area contributed by atoms with E-state index >= 15 is 0 Å². The van der Waals surface area contributed by atoms with E-state index in [1.807, 2.05) is 0 Å². The van der Waals surface area contributed by atoms with Crippen LogP contribution in [0.15, 0.2) is 0 Å². The molecule has 0 aromatic heterocycles. The summed E-state index contributed by atoms with van der Waals surface area (Å²) in [5.74, 6) is 2.54. The minimum Gasteiger partial charge on any atom is -0.462 e. The molecule has 0 bridgehead atoms. The lowest BCUT2D eigenvalue weighted by Gasteiger charge is -2.62. The molecule has 0 N–H and O–H groups in total. The molecule has 4 saturated carbocycles. The van der Waals surface area contributed by atoms with E-state index in [-0.39, 0.29) is 23.3 Å². The topological polar surface area (TPSA) is 44.8 Å². The summed E-state index contributed by atoms with van der Waals surface area (Å²) in [7, 11) is 3.61. The first-order chi connectivity index (χ1) is 12.8. The van der Waals surface area contributed by atoms with Crippen LogP contribution in [0.4, 0.5) is 0 Å². The fourth-order valence-corrected chi connectivity index (χ4v) is 8.00. The fraction of sp³-hybridized carbons (Fsp3) is 0.957. The van der Waals surface area contributed by atoms with E-state index in [0.717, 1.165) is 37.0 Å². The highest BCUT2D eigenvalue weighted by atomic mass is 16.7. The number of fused-ring (bicyclic) bond motifs is 5. The Morgan fingerprint density at radius 2 is 1.56 bits per heavy atom. The summed E-state index contributed by atoms with van der Waals surface area (Å²) < 4.78 is 17.4. The van der Waals surface area contributed by atoms with Gasteiger partial charge in [0.1, 0.15) is 6.10 Å². The summed E-state index contributed by atoms with van der Waals surface area (Å²) in [6, 6.07) is 0. The van der Waals surface area contributed by atoms with E-state index in [1.54, 1.807) is 21.1 Å². The van der Waals surface area contributed by atoms with Crippen LogP contribution in [0.5, 0.6) is 0 Å². The molecule has 7 atom stereocenters. The summed E-state index contributed by atoms with van der Waals surface area (Å²) in [5, 5.41) is 0. The molecule has 154 valence electrons. The van der Waals surface area contributed by atoms with Crippen molar-refractivity contribution in [2.24, 2.45) is 34.5 Å². The number of carbonyl (C=O) groups is 1. The van der Waals surface area contributed by atoms with Crippen molar-refractivity contribution in [3.05, 3.63) is 0 Å². The van der Waals surface area contributed by atoms with Gasteiger partial charge in [-0.15, -0.1) is 0 Å². The van der Waals surface area contributed by atoms with Gasteiger partial charge in [0.2, 0.25) is 0 Å². The van der Waals surface area contributed by atoms with Gasteiger partial charge in [0.15, 0.2) is 5.79 Å². The lowest BCUT2D eigenvalue weighted by Crippen LogP contribution is -2.57. The van der Waals surface area contributed by atoms with Crippen molar-refractivity contribution in [1.82, 2.24) is 0 Å². The summed E-state index contributed by atoms with van der Waals surface area (Å²) in [6.07, 6.45) is 10.8. The number of hydrogen-bond acceptors (Lipinski definition) is 4. The Morgan fingerprint density at radius 1 is 0.852 bits per heavy atom. The number of hydrogen-bond donors (Lipinski definition) is 0. The number of rotatable bonds is 3. The van der Waals surface area contributed by atoms with Crippen molar-refractivity contribution in [3.63, 3.8) is 0 Å². The largest absolute Gasteiger partial charge is 0.462 e. The van der Waals surface area contributed by atoms with Crippen LogP contribution in [0.2, 0.25) is 0 Å². The standard InChI is InChI=1S/C23H38O4/c1-15(24)27-20-9-8-18-17-7-6-16-14-23(25-4,26-5)13-12-21(16,2)19(17)10-11-22(18,20)3/h16-20H,6-14H2,1-5H3/t16-,17-,18-,19-,20-,21-,22-/m0/s1. The van der Waals surface area contributed by atoms with E-state index in [0.29, 0.717) is 11.3 Å². The Labute approximate surface area is 164 Å². The molecule has 4 heteroatoms. The molecule has 0 aromatic carbocycles. The molecule has 0 aromatic rings. The molecule has 4 nitrogen and oxygen atoms in total. The van der Waals surface area contributed by atoms with E-state index in [2.05, 4.69) is 13.8 Å². The zero-order valence-electron chi connectivity index (χ0n) is 17.9. The second kappa shape index (κ2) is 6.73. The Hall–Kier alpha value is -0.610. The molecule has 0 spiro atoms. The number of esters is 1. The predicted octanol–water partition coefficient (Wildman–Crippen LogP) is 4.95. The second-order valence-electron chi connectivity index (χ2n) is 10.4. The van der Waals surface area contributed by atoms with Crippen molar-refractivity contribution >= 4 is 5.97 Å². The smallest absolute Gasteiger partial charge is 0.302 e. The van der Waals surface area contributed by atoms with Crippen LogP contribution in [0, 0.1) is 34.5 Å². The van der Waals surface area contributed by atoms with Gasteiger partial charge in [0.25, 0.3) is 0 Å². The highest BCUT2D eigenvalue weighted by Gasteiger charge is 2.62. The van der Waals surface area contributed by atoms with Gasteiger partial charge in [-0.05, 0) is 74.0 Å².